The molecule has 0 atom stereocenters. The van der Waals surface area contributed by atoms with Crippen LogP contribution in [-0.4, -0.2) is 20.1 Å². The molecule has 2 aromatic rings. The van der Waals surface area contributed by atoms with E-state index in [2.05, 4.69) is 47.2 Å². The van der Waals surface area contributed by atoms with Crippen LogP contribution in [0.2, 0.25) is 5.02 Å². The average Bonchev–Trinajstić information content (AvgIpc) is 2.48. The summed E-state index contributed by atoms with van der Waals surface area (Å²) in [5, 5.41) is 0.737. The number of fused-ring (bicyclic) bond motifs is 1. The Morgan fingerprint density at radius 3 is 2.55 bits per heavy atom. The van der Waals surface area contributed by atoms with Crippen molar-refractivity contribution in [1.82, 2.24) is 0 Å². The first kappa shape index (κ1) is 13.3. The SMILES string of the molecule is CN1CCN(c2ccc(CN)c(Cl)c2)c2ccccc21. The normalized spacial score (nSPS) is 14.3. The summed E-state index contributed by atoms with van der Waals surface area (Å²) < 4.78 is 0. The Labute approximate surface area is 124 Å². The lowest BCUT2D eigenvalue weighted by Crippen LogP contribution is -2.36. The van der Waals surface area contributed by atoms with Crippen LogP contribution in [0.1, 0.15) is 5.56 Å². The lowest BCUT2D eigenvalue weighted by atomic mass is 10.1. The molecule has 3 rings (SSSR count). The first-order valence-electron chi connectivity index (χ1n) is 6.77. The lowest BCUT2D eigenvalue weighted by molar-refractivity contribution is 0.822. The van der Waals surface area contributed by atoms with Crippen LogP contribution in [0.5, 0.6) is 0 Å². The Morgan fingerprint density at radius 2 is 1.85 bits per heavy atom. The number of hydrogen-bond donors (Lipinski definition) is 1. The molecule has 3 nitrogen and oxygen atoms in total. The highest BCUT2D eigenvalue weighted by atomic mass is 35.5. The number of likely N-dealkylation sites (N-methyl/N-ethyl adjacent to an activating group) is 1. The molecule has 0 radical (unpaired) electrons. The minimum Gasteiger partial charge on any atom is -0.371 e. The third-order valence-corrected chi connectivity index (χ3v) is 4.16. The summed E-state index contributed by atoms with van der Waals surface area (Å²) in [5.41, 5.74) is 10.2. The van der Waals surface area contributed by atoms with Gasteiger partial charge in [0, 0.05) is 37.4 Å². The van der Waals surface area contributed by atoms with Crippen molar-refractivity contribution in [2.24, 2.45) is 5.73 Å². The topological polar surface area (TPSA) is 32.5 Å². The number of para-hydroxylation sites is 2. The maximum absolute atomic E-state index is 6.29. The van der Waals surface area contributed by atoms with Crippen LogP contribution < -0.4 is 15.5 Å². The second-order valence-electron chi connectivity index (χ2n) is 5.04. The maximum atomic E-state index is 6.29. The summed E-state index contributed by atoms with van der Waals surface area (Å²) in [7, 11) is 2.13. The Hall–Kier alpha value is -1.71. The number of anilines is 3. The van der Waals surface area contributed by atoms with Gasteiger partial charge in [-0.1, -0.05) is 29.8 Å². The molecule has 2 N–H and O–H groups in total. The molecule has 1 aliphatic heterocycles. The summed E-state index contributed by atoms with van der Waals surface area (Å²) in [6.45, 7) is 2.41. The number of rotatable bonds is 2. The zero-order chi connectivity index (χ0) is 14.1. The summed E-state index contributed by atoms with van der Waals surface area (Å²) in [5.74, 6) is 0. The molecule has 0 amide bonds. The number of nitrogens with zero attached hydrogens (tertiary/aromatic N) is 2. The van der Waals surface area contributed by atoms with Gasteiger partial charge in [-0.3, -0.25) is 0 Å². The van der Waals surface area contributed by atoms with Gasteiger partial charge in [-0.25, -0.2) is 0 Å². The minimum absolute atomic E-state index is 0.471. The van der Waals surface area contributed by atoms with Crippen LogP contribution >= 0.6 is 11.6 Å². The molecule has 4 heteroatoms. The molecular weight excluding hydrogens is 270 g/mol. The standard InChI is InChI=1S/C16H18ClN3/c1-19-8-9-20(16-5-3-2-4-15(16)19)13-7-6-12(11-18)14(17)10-13/h2-7,10H,8-9,11,18H2,1H3. The second kappa shape index (κ2) is 5.35. The number of halogens is 1. The van der Waals surface area contributed by atoms with Crippen molar-refractivity contribution in [2.75, 3.05) is 29.9 Å². The highest BCUT2D eigenvalue weighted by molar-refractivity contribution is 6.31. The average molecular weight is 288 g/mol. The molecule has 0 bridgehead atoms. The molecular formula is C16H18ClN3. The smallest absolute Gasteiger partial charge is 0.0649 e. The van der Waals surface area contributed by atoms with Crippen molar-refractivity contribution in [3.8, 4) is 0 Å². The first-order valence-corrected chi connectivity index (χ1v) is 7.14. The van der Waals surface area contributed by atoms with Gasteiger partial charge in [-0.2, -0.15) is 0 Å². The van der Waals surface area contributed by atoms with Crippen molar-refractivity contribution in [2.45, 2.75) is 6.54 Å². The Morgan fingerprint density at radius 1 is 1.10 bits per heavy atom. The zero-order valence-electron chi connectivity index (χ0n) is 11.5. The van der Waals surface area contributed by atoms with E-state index in [1.54, 1.807) is 0 Å². The van der Waals surface area contributed by atoms with Gasteiger partial charge in [0.2, 0.25) is 0 Å². The van der Waals surface area contributed by atoms with Crippen LogP contribution in [0.4, 0.5) is 17.1 Å². The van der Waals surface area contributed by atoms with Crippen molar-refractivity contribution in [3.05, 3.63) is 53.1 Å². The molecule has 0 aliphatic carbocycles. The zero-order valence-corrected chi connectivity index (χ0v) is 12.3. The highest BCUT2D eigenvalue weighted by Crippen LogP contribution is 2.37. The third kappa shape index (κ3) is 2.23. The summed E-state index contributed by atoms with van der Waals surface area (Å²) in [6, 6.07) is 14.6. The van der Waals surface area contributed by atoms with Crippen molar-refractivity contribution >= 4 is 28.7 Å². The predicted molar refractivity (Wildman–Crippen MR) is 86.1 cm³/mol. The Kier molecular flexibility index (Phi) is 3.55. The van der Waals surface area contributed by atoms with Gasteiger partial charge in [-0.05, 0) is 29.8 Å². The molecule has 2 aromatic carbocycles. The van der Waals surface area contributed by atoms with E-state index in [0.29, 0.717) is 6.54 Å². The van der Waals surface area contributed by atoms with E-state index in [4.69, 9.17) is 17.3 Å². The maximum Gasteiger partial charge on any atom is 0.0649 e. The Balaban J connectivity index is 2.03. The number of nitrogens with two attached hydrogens (primary N) is 1. The van der Waals surface area contributed by atoms with E-state index in [1.807, 2.05) is 12.1 Å². The number of benzene rings is 2. The van der Waals surface area contributed by atoms with Crippen molar-refractivity contribution < 1.29 is 0 Å². The van der Waals surface area contributed by atoms with Gasteiger partial charge < -0.3 is 15.5 Å². The minimum atomic E-state index is 0.471. The van der Waals surface area contributed by atoms with Crippen molar-refractivity contribution in [3.63, 3.8) is 0 Å². The van der Waals surface area contributed by atoms with E-state index in [0.717, 1.165) is 29.4 Å². The van der Waals surface area contributed by atoms with Gasteiger partial charge in [0.05, 0.1) is 11.4 Å². The van der Waals surface area contributed by atoms with Gasteiger partial charge in [0.25, 0.3) is 0 Å². The van der Waals surface area contributed by atoms with Crippen LogP contribution in [-0.2, 0) is 6.54 Å². The van der Waals surface area contributed by atoms with E-state index < -0.39 is 0 Å². The van der Waals surface area contributed by atoms with Gasteiger partial charge in [-0.15, -0.1) is 0 Å². The molecule has 1 aliphatic rings. The Bertz CT molecular complexity index is 627. The van der Waals surface area contributed by atoms with Crippen LogP contribution in [0.25, 0.3) is 0 Å². The summed E-state index contributed by atoms with van der Waals surface area (Å²) >= 11 is 6.29. The molecule has 0 spiro atoms. The predicted octanol–water partition coefficient (Wildman–Crippen LogP) is 3.39. The van der Waals surface area contributed by atoms with Gasteiger partial charge >= 0.3 is 0 Å². The quantitative estimate of drug-likeness (QED) is 0.919. The third-order valence-electron chi connectivity index (χ3n) is 3.81. The van der Waals surface area contributed by atoms with E-state index in [1.165, 1.54) is 11.4 Å². The van der Waals surface area contributed by atoms with Gasteiger partial charge in [0.1, 0.15) is 0 Å². The first-order chi connectivity index (χ1) is 9.70. The highest BCUT2D eigenvalue weighted by Gasteiger charge is 2.21. The molecule has 1 heterocycles. The molecule has 0 unspecified atom stereocenters. The van der Waals surface area contributed by atoms with Crippen LogP contribution in [0.15, 0.2) is 42.5 Å². The number of hydrogen-bond acceptors (Lipinski definition) is 3. The van der Waals surface area contributed by atoms with Gasteiger partial charge in [0.15, 0.2) is 0 Å². The fraction of sp³-hybridized carbons (Fsp3) is 0.250. The van der Waals surface area contributed by atoms with Crippen molar-refractivity contribution in [1.29, 1.82) is 0 Å². The largest absolute Gasteiger partial charge is 0.371 e. The second-order valence-corrected chi connectivity index (χ2v) is 5.45. The van der Waals surface area contributed by atoms with Crippen LogP contribution in [0.3, 0.4) is 0 Å². The molecule has 20 heavy (non-hydrogen) atoms. The molecule has 0 saturated carbocycles. The lowest BCUT2D eigenvalue weighted by Gasteiger charge is -2.37. The van der Waals surface area contributed by atoms with E-state index in [9.17, 15) is 0 Å². The summed E-state index contributed by atoms with van der Waals surface area (Å²) in [4.78, 5) is 4.59. The monoisotopic (exact) mass is 287 g/mol. The molecule has 0 fully saturated rings. The van der Waals surface area contributed by atoms with Crippen LogP contribution in [0, 0.1) is 0 Å². The van der Waals surface area contributed by atoms with E-state index >= 15 is 0 Å². The fourth-order valence-corrected chi connectivity index (χ4v) is 2.90. The van der Waals surface area contributed by atoms with E-state index in [-0.39, 0.29) is 0 Å². The summed E-state index contributed by atoms with van der Waals surface area (Å²) in [6.07, 6.45) is 0. The molecule has 0 saturated heterocycles. The molecule has 104 valence electrons. The molecule has 0 aromatic heterocycles. The fourth-order valence-electron chi connectivity index (χ4n) is 2.64.